The third-order valence-electron chi connectivity index (χ3n) is 3.48. The maximum absolute atomic E-state index is 6.23. The highest BCUT2D eigenvalue weighted by atomic mass is 32.2. The summed E-state index contributed by atoms with van der Waals surface area (Å²) in [5.74, 6) is 0.874. The minimum absolute atomic E-state index is 0.0582. The van der Waals surface area contributed by atoms with Gasteiger partial charge >= 0.3 is 0 Å². The molecule has 0 amide bonds. The number of benzene rings is 2. The lowest BCUT2D eigenvalue weighted by molar-refractivity contribution is 0.414. The van der Waals surface area contributed by atoms with Crippen molar-refractivity contribution >= 4 is 11.8 Å². The second-order valence-electron chi connectivity index (χ2n) is 5.44. The predicted molar refractivity (Wildman–Crippen MR) is 91.2 cm³/mol. The maximum atomic E-state index is 6.23. The molecule has 0 aromatic heterocycles. The van der Waals surface area contributed by atoms with Gasteiger partial charge in [0.2, 0.25) is 0 Å². The SMILES string of the molecule is COc1cccc(C(Sc2ccc(C)cc2C)C(C)N)c1. The van der Waals surface area contributed by atoms with Gasteiger partial charge in [0.25, 0.3) is 0 Å². The molecule has 0 fully saturated rings. The average molecular weight is 301 g/mol. The van der Waals surface area contributed by atoms with Crippen molar-refractivity contribution in [1.29, 1.82) is 0 Å². The zero-order chi connectivity index (χ0) is 15.4. The molecule has 0 spiro atoms. The van der Waals surface area contributed by atoms with Crippen molar-refractivity contribution in [2.45, 2.75) is 37.0 Å². The summed E-state index contributed by atoms with van der Waals surface area (Å²) < 4.78 is 5.32. The third kappa shape index (κ3) is 4.02. The topological polar surface area (TPSA) is 35.2 Å². The number of rotatable bonds is 5. The summed E-state index contributed by atoms with van der Waals surface area (Å²) >= 11 is 1.82. The molecule has 2 nitrogen and oxygen atoms in total. The summed E-state index contributed by atoms with van der Waals surface area (Å²) in [6.45, 7) is 6.33. The molecule has 2 rings (SSSR count). The first-order chi connectivity index (χ1) is 10.0. The van der Waals surface area contributed by atoms with Gasteiger partial charge in [-0.05, 0) is 50.1 Å². The maximum Gasteiger partial charge on any atom is 0.119 e. The number of thioether (sulfide) groups is 1. The van der Waals surface area contributed by atoms with Crippen LogP contribution < -0.4 is 10.5 Å². The van der Waals surface area contributed by atoms with Crippen LogP contribution in [0.3, 0.4) is 0 Å². The molecule has 2 aromatic carbocycles. The zero-order valence-corrected chi connectivity index (χ0v) is 13.9. The summed E-state index contributed by atoms with van der Waals surface area (Å²) in [7, 11) is 1.69. The van der Waals surface area contributed by atoms with Gasteiger partial charge < -0.3 is 10.5 Å². The molecule has 2 aromatic rings. The highest BCUT2D eigenvalue weighted by molar-refractivity contribution is 7.99. The highest BCUT2D eigenvalue weighted by Crippen LogP contribution is 2.39. The van der Waals surface area contributed by atoms with Crippen LogP contribution in [0.4, 0.5) is 0 Å². The van der Waals surface area contributed by atoms with Gasteiger partial charge in [-0.15, -0.1) is 11.8 Å². The van der Waals surface area contributed by atoms with Crippen molar-refractivity contribution in [1.82, 2.24) is 0 Å². The van der Waals surface area contributed by atoms with E-state index in [1.807, 2.05) is 23.9 Å². The van der Waals surface area contributed by atoms with E-state index in [1.54, 1.807) is 7.11 Å². The van der Waals surface area contributed by atoms with E-state index in [0.717, 1.165) is 5.75 Å². The van der Waals surface area contributed by atoms with Crippen molar-refractivity contribution in [2.75, 3.05) is 7.11 Å². The first kappa shape index (κ1) is 15.9. The van der Waals surface area contributed by atoms with Gasteiger partial charge in [0.1, 0.15) is 5.75 Å². The minimum Gasteiger partial charge on any atom is -0.497 e. The number of hydrogen-bond acceptors (Lipinski definition) is 3. The van der Waals surface area contributed by atoms with E-state index in [2.05, 4.69) is 51.1 Å². The van der Waals surface area contributed by atoms with Crippen LogP contribution in [-0.4, -0.2) is 13.2 Å². The van der Waals surface area contributed by atoms with E-state index in [9.17, 15) is 0 Å². The molecule has 0 saturated heterocycles. The second-order valence-corrected chi connectivity index (χ2v) is 6.63. The summed E-state index contributed by atoms with van der Waals surface area (Å²) in [5.41, 5.74) is 10.0. The van der Waals surface area contributed by atoms with Gasteiger partial charge in [0.05, 0.1) is 7.11 Å². The van der Waals surface area contributed by atoms with Gasteiger partial charge in [-0.25, -0.2) is 0 Å². The van der Waals surface area contributed by atoms with Crippen LogP contribution in [0.1, 0.15) is 28.9 Å². The summed E-state index contributed by atoms with van der Waals surface area (Å²) in [4.78, 5) is 1.28. The molecule has 21 heavy (non-hydrogen) atoms. The molecular formula is C18H23NOS. The Labute approximate surface area is 131 Å². The first-order valence-corrected chi connectivity index (χ1v) is 8.02. The lowest BCUT2D eigenvalue weighted by Gasteiger charge is -2.22. The number of aryl methyl sites for hydroxylation is 2. The quantitative estimate of drug-likeness (QED) is 0.826. The van der Waals surface area contributed by atoms with Crippen molar-refractivity contribution in [3.8, 4) is 5.75 Å². The molecule has 0 aliphatic carbocycles. The summed E-state index contributed by atoms with van der Waals surface area (Å²) in [6.07, 6.45) is 0. The summed E-state index contributed by atoms with van der Waals surface area (Å²) in [5, 5.41) is 0.210. The molecular weight excluding hydrogens is 278 g/mol. The van der Waals surface area contributed by atoms with Crippen molar-refractivity contribution in [3.05, 3.63) is 59.2 Å². The Morgan fingerprint density at radius 1 is 1.10 bits per heavy atom. The van der Waals surface area contributed by atoms with Gasteiger partial charge in [-0.1, -0.05) is 29.8 Å². The van der Waals surface area contributed by atoms with Crippen LogP contribution in [0.5, 0.6) is 5.75 Å². The fraction of sp³-hybridized carbons (Fsp3) is 0.333. The van der Waals surface area contributed by atoms with Crippen molar-refractivity contribution in [3.63, 3.8) is 0 Å². The molecule has 112 valence electrons. The number of ether oxygens (including phenoxy) is 1. The van der Waals surface area contributed by atoms with Crippen LogP contribution in [0.2, 0.25) is 0 Å². The van der Waals surface area contributed by atoms with E-state index in [1.165, 1.54) is 21.6 Å². The van der Waals surface area contributed by atoms with Crippen LogP contribution in [0.15, 0.2) is 47.4 Å². The minimum atomic E-state index is 0.0582. The molecule has 2 atom stereocenters. The molecule has 0 bridgehead atoms. The van der Waals surface area contributed by atoms with Crippen molar-refractivity contribution in [2.24, 2.45) is 5.73 Å². The molecule has 3 heteroatoms. The second kappa shape index (κ2) is 7.01. The van der Waals surface area contributed by atoms with Gasteiger partial charge in [0, 0.05) is 16.2 Å². The largest absolute Gasteiger partial charge is 0.497 e. The standard InChI is InChI=1S/C18H23NOS/c1-12-8-9-17(13(2)10-12)21-18(14(3)19)15-6-5-7-16(11-15)20-4/h5-11,14,18H,19H2,1-4H3. The Balaban J connectivity index is 2.30. The monoisotopic (exact) mass is 301 g/mol. The Morgan fingerprint density at radius 2 is 1.86 bits per heavy atom. The molecule has 0 aliphatic heterocycles. The molecule has 2 N–H and O–H groups in total. The van der Waals surface area contributed by atoms with Gasteiger partial charge in [0.15, 0.2) is 0 Å². The van der Waals surface area contributed by atoms with Crippen LogP contribution in [0, 0.1) is 13.8 Å². The highest BCUT2D eigenvalue weighted by Gasteiger charge is 2.19. The van der Waals surface area contributed by atoms with Crippen LogP contribution in [-0.2, 0) is 0 Å². The number of hydrogen-bond donors (Lipinski definition) is 1. The Kier molecular flexibility index (Phi) is 5.32. The van der Waals surface area contributed by atoms with Crippen LogP contribution in [0.25, 0.3) is 0 Å². The Hall–Kier alpha value is -1.45. The zero-order valence-electron chi connectivity index (χ0n) is 13.1. The van der Waals surface area contributed by atoms with Gasteiger partial charge in [-0.2, -0.15) is 0 Å². The van der Waals surface area contributed by atoms with E-state index in [4.69, 9.17) is 10.5 Å². The predicted octanol–water partition coefficient (Wildman–Crippen LogP) is 4.49. The molecule has 0 radical (unpaired) electrons. The van der Waals surface area contributed by atoms with Crippen molar-refractivity contribution < 1.29 is 4.74 Å². The van der Waals surface area contributed by atoms with E-state index >= 15 is 0 Å². The lowest BCUT2D eigenvalue weighted by atomic mass is 10.1. The Morgan fingerprint density at radius 3 is 2.48 bits per heavy atom. The third-order valence-corrected chi connectivity index (χ3v) is 5.15. The van der Waals surface area contributed by atoms with Gasteiger partial charge in [-0.3, -0.25) is 0 Å². The number of methoxy groups -OCH3 is 1. The average Bonchev–Trinajstić information content (AvgIpc) is 2.46. The fourth-order valence-electron chi connectivity index (χ4n) is 2.37. The lowest BCUT2D eigenvalue weighted by Crippen LogP contribution is -2.22. The summed E-state index contributed by atoms with van der Waals surface area (Å²) in [6, 6.07) is 14.8. The molecule has 0 heterocycles. The molecule has 0 aliphatic rings. The molecule has 0 saturated carbocycles. The van der Waals surface area contributed by atoms with E-state index < -0.39 is 0 Å². The smallest absolute Gasteiger partial charge is 0.119 e. The van der Waals surface area contributed by atoms with E-state index in [-0.39, 0.29) is 11.3 Å². The van der Waals surface area contributed by atoms with Crippen LogP contribution >= 0.6 is 11.8 Å². The Bertz CT molecular complexity index is 610. The number of nitrogens with two attached hydrogens (primary N) is 1. The first-order valence-electron chi connectivity index (χ1n) is 7.14. The normalized spacial score (nSPS) is 13.8. The fourth-order valence-corrected chi connectivity index (χ4v) is 3.53. The van der Waals surface area contributed by atoms with E-state index in [0.29, 0.717) is 0 Å². The molecule has 2 unspecified atom stereocenters.